The number of nitriles is 2. The predicted octanol–water partition coefficient (Wildman–Crippen LogP) is 7.02. The molecule has 180 valence electrons. The summed E-state index contributed by atoms with van der Waals surface area (Å²) in [7, 11) is 1.50. The van der Waals surface area contributed by atoms with Gasteiger partial charge in [-0.3, -0.25) is 4.79 Å². The smallest absolute Gasteiger partial charge is 0.256 e. The first kappa shape index (κ1) is 24.0. The molecule has 1 aliphatic heterocycles. The zero-order valence-corrected chi connectivity index (χ0v) is 20.6. The van der Waals surface area contributed by atoms with Crippen molar-refractivity contribution in [2.75, 3.05) is 12.4 Å². The number of nitrogens with two attached hydrogens (primary N) is 1. The SMILES string of the molecule is CN.N#Cc1cc2c(cc1C1=CCCCC1)-c1ccc(C#N)c3c(-c4ccccc4)ccc(c13)C(=O)N2. The molecule has 0 aromatic heterocycles. The van der Waals surface area contributed by atoms with Crippen LogP contribution in [0.2, 0.25) is 0 Å². The van der Waals surface area contributed by atoms with Gasteiger partial charge in [-0.15, -0.1) is 0 Å². The van der Waals surface area contributed by atoms with Crippen LogP contribution in [0.15, 0.2) is 72.8 Å². The summed E-state index contributed by atoms with van der Waals surface area (Å²) < 4.78 is 0. The summed E-state index contributed by atoms with van der Waals surface area (Å²) in [6.07, 6.45) is 6.46. The molecular formula is C32H26N4O. The molecule has 0 saturated carbocycles. The minimum Gasteiger partial charge on any atom is -0.333 e. The van der Waals surface area contributed by atoms with Crippen LogP contribution in [-0.4, -0.2) is 13.0 Å². The van der Waals surface area contributed by atoms with E-state index in [2.05, 4.69) is 35.3 Å². The Morgan fingerprint density at radius 2 is 1.49 bits per heavy atom. The van der Waals surface area contributed by atoms with E-state index in [0.717, 1.165) is 64.3 Å². The quantitative estimate of drug-likeness (QED) is 0.320. The third kappa shape index (κ3) is 4.06. The molecule has 2 aliphatic rings. The van der Waals surface area contributed by atoms with Crippen LogP contribution in [-0.2, 0) is 0 Å². The number of rotatable bonds is 2. The average Bonchev–Trinajstić information content (AvgIpc) is 3.09. The Bertz CT molecular complexity index is 1650. The lowest BCUT2D eigenvalue weighted by Gasteiger charge is -2.18. The van der Waals surface area contributed by atoms with E-state index in [1.807, 2.05) is 54.6 Å². The second kappa shape index (κ2) is 10.1. The van der Waals surface area contributed by atoms with Crippen molar-refractivity contribution in [1.29, 1.82) is 10.5 Å². The van der Waals surface area contributed by atoms with Crippen molar-refractivity contribution < 1.29 is 4.79 Å². The molecule has 1 heterocycles. The van der Waals surface area contributed by atoms with E-state index in [0.29, 0.717) is 22.4 Å². The number of nitrogens with zero attached hydrogens (tertiary/aromatic N) is 2. The molecule has 6 rings (SSSR count). The fraction of sp³-hybridized carbons (Fsp3) is 0.156. The van der Waals surface area contributed by atoms with Crippen LogP contribution in [0, 0.1) is 22.7 Å². The summed E-state index contributed by atoms with van der Waals surface area (Å²) in [5.74, 6) is -0.238. The second-order valence-corrected chi connectivity index (χ2v) is 9.03. The molecule has 37 heavy (non-hydrogen) atoms. The van der Waals surface area contributed by atoms with Gasteiger partial charge in [0.2, 0.25) is 0 Å². The zero-order valence-electron chi connectivity index (χ0n) is 20.6. The summed E-state index contributed by atoms with van der Waals surface area (Å²) in [6, 6.07) is 26.0. The molecule has 0 fully saturated rings. The van der Waals surface area contributed by atoms with Crippen molar-refractivity contribution >= 4 is 27.9 Å². The summed E-state index contributed by atoms with van der Waals surface area (Å²) >= 11 is 0. The number of amides is 1. The molecule has 5 heteroatoms. The molecule has 4 aromatic carbocycles. The number of carbonyl (C=O) groups excluding carboxylic acids is 1. The van der Waals surface area contributed by atoms with E-state index in [1.54, 1.807) is 6.07 Å². The Morgan fingerprint density at radius 1 is 0.757 bits per heavy atom. The maximum atomic E-state index is 13.4. The number of fused-ring (bicyclic) bond motifs is 2. The van der Waals surface area contributed by atoms with Crippen LogP contribution < -0.4 is 11.1 Å². The van der Waals surface area contributed by atoms with E-state index in [4.69, 9.17) is 0 Å². The van der Waals surface area contributed by atoms with Crippen molar-refractivity contribution in [3.05, 3.63) is 95.1 Å². The van der Waals surface area contributed by atoms with Crippen LogP contribution in [0.25, 0.3) is 38.6 Å². The molecule has 4 aromatic rings. The summed E-state index contributed by atoms with van der Waals surface area (Å²) in [4.78, 5) is 13.4. The van der Waals surface area contributed by atoms with Gasteiger partial charge < -0.3 is 11.1 Å². The number of allylic oxidation sites excluding steroid dienone is 2. The molecule has 0 saturated heterocycles. The highest BCUT2D eigenvalue weighted by molar-refractivity contribution is 6.23. The van der Waals surface area contributed by atoms with E-state index in [9.17, 15) is 15.3 Å². The first-order chi connectivity index (χ1) is 18.2. The topological polar surface area (TPSA) is 103 Å². The van der Waals surface area contributed by atoms with Crippen LogP contribution in [0.3, 0.4) is 0 Å². The van der Waals surface area contributed by atoms with Crippen molar-refractivity contribution in [1.82, 2.24) is 0 Å². The van der Waals surface area contributed by atoms with Gasteiger partial charge in [0.05, 0.1) is 29.0 Å². The molecule has 0 spiro atoms. The Kier molecular flexibility index (Phi) is 6.56. The summed E-state index contributed by atoms with van der Waals surface area (Å²) in [6.45, 7) is 0. The van der Waals surface area contributed by atoms with Crippen molar-refractivity contribution in [2.24, 2.45) is 5.73 Å². The Labute approximate surface area is 216 Å². The highest BCUT2D eigenvalue weighted by Crippen LogP contribution is 2.45. The van der Waals surface area contributed by atoms with Gasteiger partial charge in [-0.25, -0.2) is 0 Å². The summed E-state index contributed by atoms with van der Waals surface area (Å²) in [5.41, 5.74) is 12.5. The average molecular weight is 483 g/mol. The van der Waals surface area contributed by atoms with Crippen molar-refractivity contribution in [3.8, 4) is 34.4 Å². The van der Waals surface area contributed by atoms with Crippen LogP contribution in [0.4, 0.5) is 5.69 Å². The maximum absolute atomic E-state index is 13.4. The number of hydrogen-bond donors (Lipinski definition) is 2. The Hall–Kier alpha value is -4.71. The highest BCUT2D eigenvalue weighted by Gasteiger charge is 2.26. The maximum Gasteiger partial charge on any atom is 0.256 e. The highest BCUT2D eigenvalue weighted by atomic mass is 16.1. The molecule has 0 radical (unpaired) electrons. The van der Waals surface area contributed by atoms with Crippen LogP contribution >= 0.6 is 0 Å². The van der Waals surface area contributed by atoms with E-state index in [-0.39, 0.29) is 5.91 Å². The van der Waals surface area contributed by atoms with Gasteiger partial charge in [0.1, 0.15) is 0 Å². The molecule has 3 N–H and O–H groups in total. The van der Waals surface area contributed by atoms with Gasteiger partial charge in [-0.1, -0.05) is 48.5 Å². The minimum atomic E-state index is -0.238. The van der Waals surface area contributed by atoms with Gasteiger partial charge in [0, 0.05) is 21.9 Å². The molecular weight excluding hydrogens is 456 g/mol. The molecule has 1 amide bonds. The fourth-order valence-corrected chi connectivity index (χ4v) is 5.42. The monoisotopic (exact) mass is 482 g/mol. The Balaban J connectivity index is 0.00000137. The lowest BCUT2D eigenvalue weighted by Crippen LogP contribution is -2.11. The van der Waals surface area contributed by atoms with Crippen LogP contribution in [0.5, 0.6) is 0 Å². The molecule has 1 aliphatic carbocycles. The van der Waals surface area contributed by atoms with Gasteiger partial charge in [-0.05, 0) is 84.8 Å². The van der Waals surface area contributed by atoms with Crippen molar-refractivity contribution in [2.45, 2.75) is 25.7 Å². The number of hydrogen-bond acceptors (Lipinski definition) is 4. The zero-order chi connectivity index (χ0) is 25.9. The Morgan fingerprint density at radius 3 is 2.19 bits per heavy atom. The minimum absolute atomic E-state index is 0.238. The molecule has 0 atom stereocenters. The molecule has 5 nitrogen and oxygen atoms in total. The predicted molar refractivity (Wildman–Crippen MR) is 149 cm³/mol. The first-order valence-electron chi connectivity index (χ1n) is 12.4. The molecule has 0 unspecified atom stereocenters. The van der Waals surface area contributed by atoms with Crippen molar-refractivity contribution in [3.63, 3.8) is 0 Å². The van der Waals surface area contributed by atoms with Gasteiger partial charge in [0.15, 0.2) is 0 Å². The second-order valence-electron chi connectivity index (χ2n) is 9.03. The lowest BCUT2D eigenvalue weighted by molar-refractivity contribution is 0.102. The van der Waals surface area contributed by atoms with E-state index >= 15 is 0 Å². The fourth-order valence-electron chi connectivity index (χ4n) is 5.42. The normalized spacial score (nSPS) is 13.6. The summed E-state index contributed by atoms with van der Waals surface area (Å²) in [5, 5.41) is 24.5. The standard InChI is InChI=1S/C31H21N3O.CH5N/c32-17-21-11-12-24-27-16-26(20-9-5-2-6-10-20)22(18-33)15-28(27)34-31(35)25-14-13-23(29(21)30(24)25)19-7-3-1-4-8-19;1-2/h1,3-4,7-9,11-16H,2,5-6,10H2,(H,34,35);2H2,1H3. The largest absolute Gasteiger partial charge is 0.333 e. The van der Waals surface area contributed by atoms with E-state index < -0.39 is 0 Å². The van der Waals surface area contributed by atoms with Crippen LogP contribution in [0.1, 0.15) is 52.7 Å². The van der Waals surface area contributed by atoms with Gasteiger partial charge >= 0.3 is 0 Å². The number of nitrogens with one attached hydrogen (secondary N) is 1. The number of anilines is 1. The number of carbonyl (C=O) groups is 1. The van der Waals surface area contributed by atoms with E-state index in [1.165, 1.54) is 12.6 Å². The van der Waals surface area contributed by atoms with Gasteiger partial charge in [-0.2, -0.15) is 10.5 Å². The van der Waals surface area contributed by atoms with Gasteiger partial charge in [0.25, 0.3) is 5.91 Å². The number of benzene rings is 4. The first-order valence-corrected chi connectivity index (χ1v) is 12.4. The molecule has 0 bridgehead atoms. The third-order valence-corrected chi connectivity index (χ3v) is 7.06. The lowest BCUT2D eigenvalue weighted by atomic mass is 9.85. The third-order valence-electron chi connectivity index (χ3n) is 7.06.